The maximum atomic E-state index is 5.99. The van der Waals surface area contributed by atoms with Gasteiger partial charge in [0, 0.05) is 49.7 Å². The maximum Gasteiger partial charge on any atom is 0.194 e. The van der Waals surface area contributed by atoms with Gasteiger partial charge in [0.2, 0.25) is 0 Å². The van der Waals surface area contributed by atoms with Gasteiger partial charge in [-0.25, -0.2) is 0 Å². The molecule has 0 bridgehead atoms. The minimum absolute atomic E-state index is 0. The Labute approximate surface area is 180 Å². The lowest BCUT2D eigenvalue weighted by molar-refractivity contribution is -0.00803. The fourth-order valence-electron chi connectivity index (χ4n) is 2.83. The number of nitrogens with one attached hydrogen (secondary N) is 1. The molecule has 9 heteroatoms. The fourth-order valence-corrected chi connectivity index (χ4v) is 3.91. The molecule has 6 nitrogen and oxygen atoms in total. The minimum atomic E-state index is 0. The number of aliphatic imine (C=N–C) groups is 1. The van der Waals surface area contributed by atoms with Crippen LogP contribution in [0.5, 0.6) is 0 Å². The number of aryl methyl sites for hydroxylation is 1. The number of thiophene rings is 1. The van der Waals surface area contributed by atoms with E-state index < -0.39 is 0 Å². The molecule has 144 valence electrons. The van der Waals surface area contributed by atoms with Crippen LogP contribution in [0.15, 0.2) is 29.5 Å². The van der Waals surface area contributed by atoms with Crippen LogP contribution in [0.4, 0.5) is 0 Å². The average Bonchev–Trinajstić information content (AvgIpc) is 3.23. The first-order valence-electron chi connectivity index (χ1n) is 8.53. The molecular formula is C17H25ClIN5OS. The Morgan fingerprint density at radius 3 is 3.00 bits per heavy atom. The summed E-state index contributed by atoms with van der Waals surface area (Å²) in [5.41, 5.74) is 1.11. The molecule has 1 unspecified atom stereocenters. The molecule has 0 spiro atoms. The Hall–Kier alpha value is -0.840. The van der Waals surface area contributed by atoms with Crippen molar-refractivity contribution >= 4 is 52.9 Å². The predicted octanol–water partition coefficient (Wildman–Crippen LogP) is 3.33. The van der Waals surface area contributed by atoms with Crippen molar-refractivity contribution in [2.24, 2.45) is 12.0 Å². The summed E-state index contributed by atoms with van der Waals surface area (Å²) in [5.74, 6) is 0.947. The second kappa shape index (κ2) is 10.5. The molecular weight excluding hydrogens is 485 g/mol. The Morgan fingerprint density at radius 1 is 1.50 bits per heavy atom. The first kappa shape index (κ1) is 21.5. The van der Waals surface area contributed by atoms with Crippen LogP contribution in [0.25, 0.3) is 0 Å². The smallest absolute Gasteiger partial charge is 0.194 e. The lowest BCUT2D eigenvalue weighted by Crippen LogP contribution is -2.48. The summed E-state index contributed by atoms with van der Waals surface area (Å²) >= 11 is 7.61. The van der Waals surface area contributed by atoms with Crippen molar-refractivity contribution in [1.82, 2.24) is 20.0 Å². The van der Waals surface area contributed by atoms with Crippen molar-refractivity contribution in [2.45, 2.75) is 19.4 Å². The molecule has 0 radical (unpaired) electrons. The van der Waals surface area contributed by atoms with E-state index in [9.17, 15) is 0 Å². The lowest BCUT2D eigenvalue weighted by Gasteiger charge is -2.34. The van der Waals surface area contributed by atoms with E-state index in [-0.39, 0.29) is 30.1 Å². The van der Waals surface area contributed by atoms with Crippen molar-refractivity contribution in [3.05, 3.63) is 39.3 Å². The van der Waals surface area contributed by atoms with Crippen molar-refractivity contribution in [3.8, 4) is 0 Å². The molecule has 3 heterocycles. The summed E-state index contributed by atoms with van der Waals surface area (Å²) in [6.07, 6.45) is 4.82. The monoisotopic (exact) mass is 509 g/mol. The average molecular weight is 510 g/mol. The second-order valence-corrected chi connectivity index (χ2v) is 7.74. The van der Waals surface area contributed by atoms with Crippen LogP contribution in [0.2, 0.25) is 4.34 Å². The number of aromatic nitrogens is 2. The van der Waals surface area contributed by atoms with Crippen LogP contribution in [-0.4, -0.2) is 53.4 Å². The minimum Gasteiger partial charge on any atom is -0.370 e. The number of guanidine groups is 1. The normalized spacial score (nSPS) is 17.9. The molecule has 3 rings (SSSR count). The van der Waals surface area contributed by atoms with Crippen LogP contribution in [0.1, 0.15) is 23.5 Å². The third-order valence-electron chi connectivity index (χ3n) is 4.05. The topological polar surface area (TPSA) is 54.7 Å². The highest BCUT2D eigenvalue weighted by molar-refractivity contribution is 14.0. The highest BCUT2D eigenvalue weighted by Crippen LogP contribution is 2.23. The lowest BCUT2D eigenvalue weighted by atomic mass is 10.1. The molecule has 1 aliphatic heterocycles. The number of morpholine rings is 1. The highest BCUT2D eigenvalue weighted by Gasteiger charge is 2.25. The van der Waals surface area contributed by atoms with Gasteiger partial charge in [-0.3, -0.25) is 9.67 Å². The second-order valence-electron chi connectivity index (χ2n) is 5.94. The Balaban J connectivity index is 0.00000243. The van der Waals surface area contributed by atoms with E-state index >= 15 is 0 Å². The molecule has 1 aliphatic rings. The molecule has 0 aliphatic carbocycles. The van der Waals surface area contributed by atoms with Gasteiger partial charge in [-0.15, -0.1) is 35.3 Å². The van der Waals surface area contributed by atoms with Crippen LogP contribution in [-0.2, 0) is 18.2 Å². The van der Waals surface area contributed by atoms with Gasteiger partial charge in [0.05, 0.1) is 23.7 Å². The number of ether oxygens (including phenoxy) is 1. The van der Waals surface area contributed by atoms with E-state index in [1.54, 1.807) is 11.3 Å². The van der Waals surface area contributed by atoms with Crippen molar-refractivity contribution in [2.75, 3.05) is 32.8 Å². The van der Waals surface area contributed by atoms with E-state index in [0.29, 0.717) is 6.61 Å². The number of hydrogen-bond acceptors (Lipinski definition) is 4. The molecule has 2 aromatic rings. The van der Waals surface area contributed by atoms with Crippen molar-refractivity contribution < 1.29 is 4.74 Å². The van der Waals surface area contributed by atoms with Crippen LogP contribution >= 0.6 is 46.9 Å². The zero-order valence-corrected chi connectivity index (χ0v) is 18.9. The zero-order chi connectivity index (χ0) is 17.6. The summed E-state index contributed by atoms with van der Waals surface area (Å²) in [6, 6.07) is 4.01. The Kier molecular flexibility index (Phi) is 8.65. The third-order valence-corrected chi connectivity index (χ3v) is 5.34. The molecule has 1 N–H and O–H groups in total. The standard InChI is InChI=1S/C17H24ClN5OS.HI/c1-3-19-17(20-7-6-14-4-5-16(18)25-14)23-8-9-24-15(12-23)13-10-21-22(2)11-13;/h4-5,10-11,15H,3,6-9,12H2,1-2H3,(H,19,20);1H. The zero-order valence-electron chi connectivity index (χ0n) is 15.0. The maximum absolute atomic E-state index is 5.99. The summed E-state index contributed by atoms with van der Waals surface area (Å²) in [7, 11) is 1.92. The molecule has 1 saturated heterocycles. The van der Waals surface area contributed by atoms with E-state index in [1.165, 1.54) is 4.88 Å². The summed E-state index contributed by atoms with van der Waals surface area (Å²) in [4.78, 5) is 8.33. The molecule has 1 atom stereocenters. The van der Waals surface area contributed by atoms with Crippen LogP contribution in [0, 0.1) is 0 Å². The van der Waals surface area contributed by atoms with E-state index in [0.717, 1.165) is 48.5 Å². The van der Waals surface area contributed by atoms with Gasteiger partial charge in [-0.1, -0.05) is 11.6 Å². The van der Waals surface area contributed by atoms with Crippen molar-refractivity contribution in [3.63, 3.8) is 0 Å². The highest BCUT2D eigenvalue weighted by atomic mass is 127. The largest absolute Gasteiger partial charge is 0.370 e. The van der Waals surface area contributed by atoms with Gasteiger partial charge < -0.3 is 15.0 Å². The third kappa shape index (κ3) is 5.83. The fraction of sp³-hybridized carbons (Fsp3) is 0.529. The van der Waals surface area contributed by atoms with Crippen molar-refractivity contribution in [1.29, 1.82) is 0 Å². The first-order chi connectivity index (χ1) is 12.2. The Bertz CT molecular complexity index is 720. The van der Waals surface area contributed by atoms with Crippen LogP contribution in [0.3, 0.4) is 0 Å². The number of hydrogen-bond donors (Lipinski definition) is 1. The number of rotatable bonds is 5. The molecule has 1 fully saturated rings. The molecule has 0 amide bonds. The predicted molar refractivity (Wildman–Crippen MR) is 118 cm³/mol. The van der Waals surface area contributed by atoms with E-state index in [2.05, 4.69) is 28.3 Å². The SMILES string of the molecule is CCNC(=NCCc1ccc(Cl)s1)N1CCOC(c2cnn(C)c2)C1.I. The van der Waals surface area contributed by atoms with E-state index in [1.807, 2.05) is 30.2 Å². The number of nitrogens with zero attached hydrogens (tertiary/aromatic N) is 4. The van der Waals surface area contributed by atoms with Gasteiger partial charge in [0.1, 0.15) is 6.10 Å². The Morgan fingerprint density at radius 2 is 2.35 bits per heavy atom. The summed E-state index contributed by atoms with van der Waals surface area (Å²) < 4.78 is 8.56. The summed E-state index contributed by atoms with van der Waals surface area (Å²) in [5, 5.41) is 7.64. The van der Waals surface area contributed by atoms with Gasteiger partial charge in [0.25, 0.3) is 0 Å². The summed E-state index contributed by atoms with van der Waals surface area (Å²) in [6.45, 7) is 5.99. The van der Waals surface area contributed by atoms with Gasteiger partial charge in [-0.05, 0) is 19.1 Å². The van der Waals surface area contributed by atoms with Crippen LogP contribution < -0.4 is 5.32 Å². The van der Waals surface area contributed by atoms with Gasteiger partial charge >= 0.3 is 0 Å². The van der Waals surface area contributed by atoms with E-state index in [4.69, 9.17) is 21.3 Å². The molecule has 0 aromatic carbocycles. The quantitative estimate of drug-likeness (QED) is 0.382. The first-order valence-corrected chi connectivity index (χ1v) is 9.72. The molecule has 2 aromatic heterocycles. The van der Waals surface area contributed by atoms with Gasteiger partial charge in [0.15, 0.2) is 5.96 Å². The van der Waals surface area contributed by atoms with Gasteiger partial charge in [-0.2, -0.15) is 5.10 Å². The number of halogens is 2. The molecule has 26 heavy (non-hydrogen) atoms. The molecule has 0 saturated carbocycles.